The first-order valence-electron chi connectivity index (χ1n) is 4.96. The minimum Gasteiger partial charge on any atom is -0.324 e. The van der Waals surface area contributed by atoms with Crippen molar-refractivity contribution in [3.63, 3.8) is 0 Å². The first-order chi connectivity index (χ1) is 8.16. The van der Waals surface area contributed by atoms with Crippen LogP contribution in [0.4, 0.5) is 17.3 Å². The second-order valence-corrected chi connectivity index (χ2v) is 3.46. The fraction of sp³-hybridized carbons (Fsp3) is 0.0909. The number of benzene rings is 1. The van der Waals surface area contributed by atoms with E-state index in [1.807, 2.05) is 31.2 Å². The summed E-state index contributed by atoms with van der Waals surface area (Å²) in [5.41, 5.74) is 1.80. The molecule has 86 valence electrons. The van der Waals surface area contributed by atoms with E-state index in [9.17, 15) is 10.1 Å². The Labute approximate surface area is 97.5 Å². The van der Waals surface area contributed by atoms with E-state index in [0.717, 1.165) is 11.3 Å². The molecular formula is C11H10N4O2. The molecule has 0 aliphatic rings. The predicted octanol–water partition coefficient (Wildman–Crippen LogP) is 2.44. The van der Waals surface area contributed by atoms with Crippen molar-refractivity contribution >= 4 is 17.3 Å². The third kappa shape index (κ3) is 2.54. The first-order valence-corrected chi connectivity index (χ1v) is 4.96. The van der Waals surface area contributed by atoms with Crippen molar-refractivity contribution in [1.29, 1.82) is 0 Å². The van der Waals surface area contributed by atoms with Crippen LogP contribution in [0, 0.1) is 17.0 Å². The fourth-order valence-electron chi connectivity index (χ4n) is 1.31. The number of nitrogens with zero attached hydrogens (tertiary/aromatic N) is 3. The molecule has 0 saturated carbocycles. The third-order valence-corrected chi connectivity index (χ3v) is 2.24. The molecule has 6 nitrogen and oxygen atoms in total. The highest BCUT2D eigenvalue weighted by atomic mass is 16.6. The van der Waals surface area contributed by atoms with Crippen LogP contribution in [0.2, 0.25) is 0 Å². The van der Waals surface area contributed by atoms with Crippen molar-refractivity contribution in [2.45, 2.75) is 6.92 Å². The summed E-state index contributed by atoms with van der Waals surface area (Å²) >= 11 is 0. The Hall–Kier alpha value is -2.50. The van der Waals surface area contributed by atoms with Crippen LogP contribution in [0.5, 0.6) is 0 Å². The molecule has 17 heavy (non-hydrogen) atoms. The van der Waals surface area contributed by atoms with E-state index in [4.69, 9.17) is 0 Å². The quantitative estimate of drug-likeness (QED) is 0.646. The van der Waals surface area contributed by atoms with Crippen molar-refractivity contribution in [2.75, 3.05) is 5.32 Å². The van der Waals surface area contributed by atoms with Crippen molar-refractivity contribution in [3.8, 4) is 0 Å². The van der Waals surface area contributed by atoms with E-state index in [1.165, 1.54) is 12.4 Å². The van der Waals surface area contributed by atoms with Crippen LogP contribution in [-0.4, -0.2) is 14.9 Å². The number of hydrogen-bond donors (Lipinski definition) is 1. The molecule has 0 atom stereocenters. The van der Waals surface area contributed by atoms with Crippen LogP contribution < -0.4 is 5.32 Å². The number of aromatic nitrogens is 2. The summed E-state index contributed by atoms with van der Waals surface area (Å²) in [6, 6.07) is 7.66. The molecule has 0 bridgehead atoms. The lowest BCUT2D eigenvalue weighted by Gasteiger charge is -2.06. The van der Waals surface area contributed by atoms with Crippen LogP contribution in [0.25, 0.3) is 0 Å². The second kappa shape index (κ2) is 4.56. The molecule has 0 saturated heterocycles. The van der Waals surface area contributed by atoms with Gasteiger partial charge in [-0.15, -0.1) is 0 Å². The molecule has 1 aromatic carbocycles. The molecule has 0 fully saturated rings. The summed E-state index contributed by atoms with van der Waals surface area (Å²) in [6.07, 6.45) is 2.35. The van der Waals surface area contributed by atoms with Gasteiger partial charge in [-0.25, -0.2) is 9.97 Å². The summed E-state index contributed by atoms with van der Waals surface area (Å²) in [7, 11) is 0. The zero-order valence-electron chi connectivity index (χ0n) is 9.12. The Morgan fingerprint density at radius 1 is 1.24 bits per heavy atom. The maximum absolute atomic E-state index is 10.4. The second-order valence-electron chi connectivity index (χ2n) is 3.46. The Morgan fingerprint density at radius 3 is 2.47 bits per heavy atom. The van der Waals surface area contributed by atoms with E-state index < -0.39 is 4.92 Å². The topological polar surface area (TPSA) is 81.0 Å². The number of rotatable bonds is 3. The molecule has 0 unspecified atom stereocenters. The van der Waals surface area contributed by atoms with Gasteiger partial charge in [0.25, 0.3) is 0 Å². The maximum Gasteiger partial charge on any atom is 0.305 e. The smallest absolute Gasteiger partial charge is 0.305 e. The molecule has 0 amide bonds. The van der Waals surface area contributed by atoms with Gasteiger partial charge >= 0.3 is 5.69 Å². The Balaban J connectivity index is 2.20. The van der Waals surface area contributed by atoms with E-state index in [-0.39, 0.29) is 5.69 Å². The fourth-order valence-corrected chi connectivity index (χ4v) is 1.31. The van der Waals surface area contributed by atoms with Gasteiger partial charge in [0.05, 0.1) is 4.92 Å². The zero-order valence-corrected chi connectivity index (χ0v) is 9.12. The molecule has 1 N–H and O–H groups in total. The lowest BCUT2D eigenvalue weighted by Crippen LogP contribution is -1.99. The van der Waals surface area contributed by atoms with E-state index >= 15 is 0 Å². The maximum atomic E-state index is 10.4. The average molecular weight is 230 g/mol. The molecule has 2 rings (SSSR count). The molecule has 1 heterocycles. The SMILES string of the molecule is Cc1ccccc1Nc1ncc([N+](=O)[O-])cn1. The highest BCUT2D eigenvalue weighted by Gasteiger charge is 2.07. The minimum atomic E-state index is -0.530. The Bertz CT molecular complexity index is 539. The molecule has 0 radical (unpaired) electrons. The molecule has 0 spiro atoms. The van der Waals surface area contributed by atoms with E-state index in [0.29, 0.717) is 5.95 Å². The molecule has 6 heteroatoms. The van der Waals surface area contributed by atoms with Gasteiger partial charge in [-0.05, 0) is 18.6 Å². The van der Waals surface area contributed by atoms with Crippen molar-refractivity contribution in [2.24, 2.45) is 0 Å². The summed E-state index contributed by atoms with van der Waals surface area (Å²) in [4.78, 5) is 17.6. The number of aryl methyl sites for hydroxylation is 1. The zero-order chi connectivity index (χ0) is 12.3. The third-order valence-electron chi connectivity index (χ3n) is 2.24. The van der Waals surface area contributed by atoms with E-state index in [1.54, 1.807) is 0 Å². The predicted molar refractivity (Wildman–Crippen MR) is 63.1 cm³/mol. The van der Waals surface area contributed by atoms with Gasteiger partial charge in [0.1, 0.15) is 12.4 Å². The lowest BCUT2D eigenvalue weighted by molar-refractivity contribution is -0.385. The lowest BCUT2D eigenvalue weighted by atomic mass is 10.2. The van der Waals surface area contributed by atoms with Gasteiger partial charge in [-0.3, -0.25) is 10.1 Å². The minimum absolute atomic E-state index is 0.125. The molecule has 0 aliphatic heterocycles. The van der Waals surface area contributed by atoms with Gasteiger partial charge in [-0.1, -0.05) is 18.2 Å². The summed E-state index contributed by atoms with van der Waals surface area (Å²) in [5.74, 6) is 0.338. The summed E-state index contributed by atoms with van der Waals surface area (Å²) in [6.45, 7) is 1.95. The largest absolute Gasteiger partial charge is 0.324 e. The van der Waals surface area contributed by atoms with Gasteiger partial charge in [0.15, 0.2) is 0 Å². The standard InChI is InChI=1S/C11H10N4O2/c1-8-4-2-3-5-10(8)14-11-12-6-9(7-13-11)15(16)17/h2-7H,1H3,(H,12,13,14). The Morgan fingerprint density at radius 2 is 1.88 bits per heavy atom. The molecular weight excluding hydrogens is 220 g/mol. The highest BCUT2D eigenvalue weighted by Crippen LogP contribution is 2.17. The van der Waals surface area contributed by atoms with Crippen LogP contribution >= 0.6 is 0 Å². The highest BCUT2D eigenvalue weighted by molar-refractivity contribution is 5.57. The van der Waals surface area contributed by atoms with E-state index in [2.05, 4.69) is 15.3 Å². The monoisotopic (exact) mass is 230 g/mol. The van der Waals surface area contributed by atoms with Crippen molar-refractivity contribution in [1.82, 2.24) is 9.97 Å². The molecule has 1 aromatic heterocycles. The van der Waals surface area contributed by atoms with Crippen molar-refractivity contribution in [3.05, 3.63) is 52.3 Å². The molecule has 0 aliphatic carbocycles. The first kappa shape index (κ1) is 11.0. The number of anilines is 2. The van der Waals surface area contributed by atoms with Crippen LogP contribution in [0.15, 0.2) is 36.7 Å². The van der Waals surface area contributed by atoms with Gasteiger partial charge in [0, 0.05) is 5.69 Å². The van der Waals surface area contributed by atoms with Gasteiger partial charge in [-0.2, -0.15) is 0 Å². The van der Waals surface area contributed by atoms with Gasteiger partial charge in [0.2, 0.25) is 5.95 Å². The normalized spacial score (nSPS) is 9.94. The summed E-state index contributed by atoms with van der Waals surface area (Å²) < 4.78 is 0. The van der Waals surface area contributed by atoms with Crippen LogP contribution in [-0.2, 0) is 0 Å². The molecule has 2 aromatic rings. The summed E-state index contributed by atoms with van der Waals surface area (Å²) in [5, 5.41) is 13.4. The van der Waals surface area contributed by atoms with Gasteiger partial charge < -0.3 is 5.32 Å². The number of nitrogens with one attached hydrogen (secondary N) is 1. The van der Waals surface area contributed by atoms with Crippen molar-refractivity contribution < 1.29 is 4.92 Å². The number of nitro groups is 1. The van der Waals surface area contributed by atoms with Crippen LogP contribution in [0.1, 0.15) is 5.56 Å². The average Bonchev–Trinajstić information content (AvgIpc) is 2.33. The van der Waals surface area contributed by atoms with Crippen LogP contribution in [0.3, 0.4) is 0 Å². The number of para-hydroxylation sites is 1. The number of hydrogen-bond acceptors (Lipinski definition) is 5. The Kier molecular flexibility index (Phi) is 2.95.